The molecule has 6 heteroatoms. The maximum Gasteiger partial charge on any atom is 0.293 e. The Morgan fingerprint density at radius 2 is 1.96 bits per heavy atom. The van der Waals surface area contributed by atoms with Crippen LogP contribution in [0.15, 0.2) is 42.5 Å². The van der Waals surface area contributed by atoms with Gasteiger partial charge in [0.15, 0.2) is 0 Å². The highest BCUT2D eigenvalue weighted by Crippen LogP contribution is 2.32. The third kappa shape index (κ3) is 4.45. The molecule has 2 aromatic rings. The number of carbonyl (C=O) groups excluding carboxylic acids is 1. The summed E-state index contributed by atoms with van der Waals surface area (Å²) >= 11 is 0. The first kappa shape index (κ1) is 18.9. The molecule has 142 valence electrons. The van der Waals surface area contributed by atoms with Gasteiger partial charge in [0.1, 0.15) is 5.69 Å². The molecular weight excluding hydrogens is 342 g/mol. The van der Waals surface area contributed by atoms with E-state index < -0.39 is 4.92 Å². The molecule has 0 radical (unpaired) electrons. The lowest BCUT2D eigenvalue weighted by Gasteiger charge is -2.31. The van der Waals surface area contributed by atoms with Gasteiger partial charge in [-0.05, 0) is 55.0 Å². The third-order valence-corrected chi connectivity index (χ3v) is 5.15. The molecule has 0 aromatic heterocycles. The van der Waals surface area contributed by atoms with Crippen molar-refractivity contribution in [2.24, 2.45) is 5.92 Å². The first-order valence-electron chi connectivity index (χ1n) is 9.41. The predicted octanol–water partition coefficient (Wildman–Crippen LogP) is 4.65. The summed E-state index contributed by atoms with van der Waals surface area (Å²) in [5, 5.41) is 14.4. The molecule has 3 rings (SSSR count). The average molecular weight is 367 g/mol. The van der Waals surface area contributed by atoms with E-state index in [9.17, 15) is 14.9 Å². The zero-order valence-electron chi connectivity index (χ0n) is 15.8. The summed E-state index contributed by atoms with van der Waals surface area (Å²) in [5.74, 6) is 0.300. The molecule has 27 heavy (non-hydrogen) atoms. The van der Waals surface area contributed by atoms with E-state index in [1.165, 1.54) is 6.07 Å². The fourth-order valence-corrected chi connectivity index (χ4v) is 3.40. The molecule has 1 aliphatic heterocycles. The minimum Gasteiger partial charge on any atom is -0.366 e. The van der Waals surface area contributed by atoms with Crippen molar-refractivity contribution in [3.8, 4) is 0 Å². The van der Waals surface area contributed by atoms with Gasteiger partial charge < -0.3 is 10.2 Å². The summed E-state index contributed by atoms with van der Waals surface area (Å²) in [6, 6.07) is 12.4. The predicted molar refractivity (Wildman–Crippen MR) is 107 cm³/mol. The van der Waals surface area contributed by atoms with E-state index >= 15 is 0 Å². The van der Waals surface area contributed by atoms with Crippen LogP contribution in [-0.2, 0) is 6.42 Å². The molecule has 2 aromatic carbocycles. The molecule has 0 unspecified atom stereocenters. The van der Waals surface area contributed by atoms with Crippen LogP contribution in [-0.4, -0.2) is 23.9 Å². The van der Waals surface area contributed by atoms with Crippen LogP contribution in [0.4, 0.5) is 17.1 Å². The van der Waals surface area contributed by atoms with Crippen LogP contribution in [0.1, 0.15) is 42.6 Å². The Morgan fingerprint density at radius 1 is 1.22 bits per heavy atom. The van der Waals surface area contributed by atoms with Crippen LogP contribution in [0.5, 0.6) is 0 Å². The van der Waals surface area contributed by atoms with Gasteiger partial charge in [-0.3, -0.25) is 14.9 Å². The summed E-state index contributed by atoms with van der Waals surface area (Å²) in [5.41, 5.74) is 2.68. The molecular formula is C21H25N3O3. The van der Waals surface area contributed by atoms with Crippen molar-refractivity contribution in [2.45, 2.75) is 33.1 Å². The largest absolute Gasteiger partial charge is 0.366 e. The number of nitrogens with one attached hydrogen (secondary N) is 1. The van der Waals surface area contributed by atoms with E-state index in [1.807, 2.05) is 36.1 Å². The van der Waals surface area contributed by atoms with Crippen LogP contribution >= 0.6 is 0 Å². The number of nitrogens with zero attached hydrogens (tertiary/aromatic N) is 2. The van der Waals surface area contributed by atoms with Crippen molar-refractivity contribution in [2.75, 3.05) is 23.3 Å². The summed E-state index contributed by atoms with van der Waals surface area (Å²) in [4.78, 5) is 25.8. The number of anilines is 2. The highest BCUT2D eigenvalue weighted by atomic mass is 16.6. The molecule has 0 atom stereocenters. The third-order valence-electron chi connectivity index (χ3n) is 5.15. The second-order valence-electron chi connectivity index (χ2n) is 7.14. The van der Waals surface area contributed by atoms with Crippen LogP contribution in [0.3, 0.4) is 0 Å². The van der Waals surface area contributed by atoms with E-state index in [2.05, 4.69) is 12.2 Å². The van der Waals surface area contributed by atoms with Crippen molar-refractivity contribution in [1.29, 1.82) is 0 Å². The number of carbonyl (C=O) groups is 1. The Kier molecular flexibility index (Phi) is 5.74. The smallest absolute Gasteiger partial charge is 0.293 e. The Labute approximate surface area is 159 Å². The van der Waals surface area contributed by atoms with Gasteiger partial charge in [-0.1, -0.05) is 26.0 Å². The Morgan fingerprint density at radius 3 is 2.63 bits per heavy atom. The molecule has 1 saturated heterocycles. The first-order chi connectivity index (χ1) is 13.0. The number of rotatable bonds is 5. The maximum atomic E-state index is 12.6. The number of hydrogen-bond acceptors (Lipinski definition) is 4. The standard InChI is InChI=1S/C21H25N3O3/c1-3-16-5-4-6-18(13-16)22-21(25)17-7-8-19(20(14-17)24(26)27)23-11-9-15(2)10-12-23/h4-8,13-15H,3,9-12H2,1-2H3,(H,22,25). The van der Waals surface area contributed by atoms with Crippen molar-refractivity contribution in [3.63, 3.8) is 0 Å². The second-order valence-corrected chi connectivity index (χ2v) is 7.14. The van der Waals surface area contributed by atoms with Gasteiger partial charge in [0.2, 0.25) is 0 Å². The molecule has 1 heterocycles. The zero-order valence-corrected chi connectivity index (χ0v) is 15.8. The number of nitro groups is 1. The van der Waals surface area contributed by atoms with Gasteiger partial charge in [0.25, 0.3) is 11.6 Å². The topological polar surface area (TPSA) is 75.5 Å². The summed E-state index contributed by atoms with van der Waals surface area (Å²) in [6.45, 7) is 5.85. The lowest BCUT2D eigenvalue weighted by molar-refractivity contribution is -0.384. The van der Waals surface area contributed by atoms with Crippen molar-refractivity contribution in [3.05, 3.63) is 63.7 Å². The summed E-state index contributed by atoms with van der Waals surface area (Å²) < 4.78 is 0. The van der Waals surface area contributed by atoms with Gasteiger partial charge >= 0.3 is 0 Å². The summed E-state index contributed by atoms with van der Waals surface area (Å²) in [7, 11) is 0. The average Bonchev–Trinajstić information content (AvgIpc) is 2.68. The van der Waals surface area contributed by atoms with Gasteiger partial charge in [0, 0.05) is 30.4 Å². The number of aryl methyl sites for hydroxylation is 1. The second kappa shape index (κ2) is 8.20. The highest BCUT2D eigenvalue weighted by molar-refractivity contribution is 6.05. The number of piperidine rings is 1. The summed E-state index contributed by atoms with van der Waals surface area (Å²) in [6.07, 6.45) is 2.92. The molecule has 1 amide bonds. The van der Waals surface area contributed by atoms with Crippen LogP contribution in [0.25, 0.3) is 0 Å². The van der Waals surface area contributed by atoms with Gasteiger partial charge in [-0.2, -0.15) is 0 Å². The molecule has 0 aliphatic carbocycles. The minimum atomic E-state index is -0.401. The van der Waals surface area contributed by atoms with Gasteiger partial charge in [-0.15, -0.1) is 0 Å². The SMILES string of the molecule is CCc1cccc(NC(=O)c2ccc(N3CCC(C)CC3)c([N+](=O)[O-])c2)c1. The number of benzene rings is 2. The van der Waals surface area contributed by atoms with Crippen LogP contribution in [0.2, 0.25) is 0 Å². The molecule has 1 fully saturated rings. The zero-order chi connectivity index (χ0) is 19.4. The van der Waals surface area contributed by atoms with Crippen LogP contribution in [0, 0.1) is 16.0 Å². The molecule has 0 saturated carbocycles. The molecule has 1 N–H and O–H groups in total. The van der Waals surface area contributed by atoms with E-state index in [1.54, 1.807) is 12.1 Å². The number of hydrogen-bond donors (Lipinski definition) is 1. The maximum absolute atomic E-state index is 12.6. The van der Waals surface area contributed by atoms with Gasteiger partial charge in [0.05, 0.1) is 4.92 Å². The highest BCUT2D eigenvalue weighted by Gasteiger charge is 2.24. The molecule has 6 nitrogen and oxygen atoms in total. The lowest BCUT2D eigenvalue weighted by atomic mass is 9.98. The Bertz CT molecular complexity index is 842. The fourth-order valence-electron chi connectivity index (χ4n) is 3.40. The number of nitro benzene ring substituents is 1. The molecule has 0 bridgehead atoms. The molecule has 0 spiro atoms. The lowest BCUT2D eigenvalue weighted by Crippen LogP contribution is -2.33. The monoisotopic (exact) mass is 367 g/mol. The Balaban J connectivity index is 1.82. The van der Waals surface area contributed by atoms with Crippen LogP contribution < -0.4 is 10.2 Å². The van der Waals surface area contributed by atoms with E-state index in [-0.39, 0.29) is 17.2 Å². The van der Waals surface area contributed by atoms with Gasteiger partial charge in [-0.25, -0.2) is 0 Å². The van der Waals surface area contributed by atoms with Crippen molar-refractivity contribution in [1.82, 2.24) is 0 Å². The normalized spacial score (nSPS) is 14.8. The van der Waals surface area contributed by atoms with Crippen molar-refractivity contribution >= 4 is 23.0 Å². The van der Waals surface area contributed by atoms with E-state index in [0.29, 0.717) is 17.3 Å². The fraction of sp³-hybridized carbons (Fsp3) is 0.381. The quantitative estimate of drug-likeness (QED) is 0.617. The Hall–Kier alpha value is -2.89. The molecule has 1 aliphatic rings. The first-order valence-corrected chi connectivity index (χ1v) is 9.41. The van der Waals surface area contributed by atoms with E-state index in [0.717, 1.165) is 37.9 Å². The van der Waals surface area contributed by atoms with Crippen molar-refractivity contribution < 1.29 is 9.72 Å². The number of amides is 1. The van der Waals surface area contributed by atoms with E-state index in [4.69, 9.17) is 0 Å². The minimum absolute atomic E-state index is 0.0143.